The molecule has 1 aromatic heterocycles. The summed E-state index contributed by atoms with van der Waals surface area (Å²) in [5.41, 5.74) is 1.51. The summed E-state index contributed by atoms with van der Waals surface area (Å²) in [4.78, 5) is 24.5. The van der Waals surface area contributed by atoms with Crippen LogP contribution in [0.3, 0.4) is 0 Å². The van der Waals surface area contributed by atoms with Gasteiger partial charge in [-0.15, -0.1) is 0 Å². The smallest absolute Gasteiger partial charge is 0.256 e. The van der Waals surface area contributed by atoms with Crippen LogP contribution in [0.2, 0.25) is 0 Å². The predicted octanol–water partition coefficient (Wildman–Crippen LogP) is 3.43. The van der Waals surface area contributed by atoms with Crippen LogP contribution in [0.4, 0.5) is 5.82 Å². The molecule has 1 aromatic carbocycles. The molecule has 2 fully saturated rings. The lowest BCUT2D eigenvalue weighted by Crippen LogP contribution is -2.40. The Balaban J connectivity index is 1.63. The molecule has 6 nitrogen and oxygen atoms in total. The van der Waals surface area contributed by atoms with Crippen molar-refractivity contribution in [1.29, 1.82) is 0 Å². The van der Waals surface area contributed by atoms with Crippen molar-refractivity contribution < 1.29 is 9.53 Å². The molecule has 2 aromatic rings. The Morgan fingerprint density at radius 3 is 2.82 bits per heavy atom. The Kier molecular flexibility index (Phi) is 5.86. The molecule has 0 aliphatic carbocycles. The highest BCUT2D eigenvalue weighted by Crippen LogP contribution is 2.28. The van der Waals surface area contributed by atoms with E-state index in [1.807, 2.05) is 30.3 Å². The number of aromatic nitrogens is 2. The molecule has 148 valence electrons. The van der Waals surface area contributed by atoms with Gasteiger partial charge in [-0.05, 0) is 39.0 Å². The number of ether oxygens (including phenoxy) is 1. The van der Waals surface area contributed by atoms with E-state index in [0.717, 1.165) is 50.2 Å². The van der Waals surface area contributed by atoms with Gasteiger partial charge in [-0.25, -0.2) is 9.97 Å². The number of anilines is 1. The van der Waals surface area contributed by atoms with Crippen LogP contribution in [0.25, 0.3) is 11.4 Å². The van der Waals surface area contributed by atoms with Gasteiger partial charge in [0, 0.05) is 37.5 Å². The Hall–Kier alpha value is -2.47. The van der Waals surface area contributed by atoms with E-state index < -0.39 is 0 Å². The highest BCUT2D eigenvalue weighted by molar-refractivity contribution is 5.99. The minimum Gasteiger partial charge on any atom is -0.376 e. The number of rotatable bonds is 5. The number of carbonyl (C=O) groups is 1. The fourth-order valence-corrected chi connectivity index (χ4v) is 4.00. The molecular formula is C22H28N4O2. The molecule has 28 heavy (non-hydrogen) atoms. The molecule has 0 saturated carbocycles. The van der Waals surface area contributed by atoms with Crippen molar-refractivity contribution in [2.45, 2.75) is 51.2 Å². The van der Waals surface area contributed by atoms with Crippen molar-refractivity contribution in [3.63, 3.8) is 0 Å². The van der Waals surface area contributed by atoms with Gasteiger partial charge in [0.1, 0.15) is 11.4 Å². The third-order valence-corrected chi connectivity index (χ3v) is 5.63. The molecule has 2 atom stereocenters. The summed E-state index contributed by atoms with van der Waals surface area (Å²) >= 11 is 0. The zero-order chi connectivity index (χ0) is 19.3. The van der Waals surface area contributed by atoms with E-state index >= 15 is 0 Å². The number of piperidine rings is 1. The van der Waals surface area contributed by atoms with E-state index in [9.17, 15) is 4.79 Å². The quantitative estimate of drug-likeness (QED) is 0.861. The topological polar surface area (TPSA) is 67.4 Å². The minimum atomic E-state index is -0.122. The molecular weight excluding hydrogens is 352 g/mol. The first-order valence-electron chi connectivity index (χ1n) is 10.3. The van der Waals surface area contributed by atoms with E-state index in [-0.39, 0.29) is 12.0 Å². The van der Waals surface area contributed by atoms with Crippen LogP contribution >= 0.6 is 0 Å². The standard InChI is InChI=1S/C22H28N4O2/c1-16-8-5-6-12-26(16)21-19(22(27)24-14-18-11-7-13-28-18)15-23-20(25-21)17-9-3-2-4-10-17/h2-4,9-10,15-16,18H,5-8,11-14H2,1H3,(H,24,27). The SMILES string of the molecule is CC1CCCCN1c1nc(-c2ccccc2)ncc1C(=O)NCC1CCCO1. The molecule has 1 N–H and O–H groups in total. The summed E-state index contributed by atoms with van der Waals surface area (Å²) in [5, 5.41) is 3.02. The first-order valence-corrected chi connectivity index (χ1v) is 10.3. The largest absolute Gasteiger partial charge is 0.376 e. The average Bonchev–Trinajstić information content (AvgIpc) is 3.26. The number of hydrogen-bond acceptors (Lipinski definition) is 5. The van der Waals surface area contributed by atoms with Crippen molar-refractivity contribution in [2.75, 3.05) is 24.6 Å². The molecule has 6 heteroatoms. The van der Waals surface area contributed by atoms with Gasteiger partial charge >= 0.3 is 0 Å². The second-order valence-electron chi connectivity index (χ2n) is 7.68. The van der Waals surface area contributed by atoms with Gasteiger partial charge in [-0.3, -0.25) is 4.79 Å². The zero-order valence-electron chi connectivity index (χ0n) is 16.4. The zero-order valence-corrected chi connectivity index (χ0v) is 16.4. The lowest BCUT2D eigenvalue weighted by atomic mass is 10.0. The van der Waals surface area contributed by atoms with Crippen LogP contribution in [0.15, 0.2) is 36.5 Å². The average molecular weight is 380 g/mol. The summed E-state index contributed by atoms with van der Waals surface area (Å²) in [6.07, 6.45) is 7.30. The number of hydrogen-bond donors (Lipinski definition) is 1. The summed E-state index contributed by atoms with van der Waals surface area (Å²) in [7, 11) is 0. The van der Waals surface area contributed by atoms with Gasteiger partial charge in [-0.1, -0.05) is 30.3 Å². The predicted molar refractivity (Wildman–Crippen MR) is 109 cm³/mol. The normalized spacial score (nSPS) is 22.2. The molecule has 2 saturated heterocycles. The molecule has 2 aliphatic heterocycles. The van der Waals surface area contributed by atoms with Crippen molar-refractivity contribution in [3.8, 4) is 11.4 Å². The van der Waals surface area contributed by atoms with Crippen molar-refractivity contribution in [1.82, 2.24) is 15.3 Å². The molecule has 1 amide bonds. The van der Waals surface area contributed by atoms with Crippen LogP contribution in [-0.4, -0.2) is 47.7 Å². The number of nitrogens with zero attached hydrogens (tertiary/aromatic N) is 3. The van der Waals surface area contributed by atoms with Gasteiger partial charge in [0.05, 0.1) is 6.10 Å². The van der Waals surface area contributed by atoms with Crippen molar-refractivity contribution >= 4 is 11.7 Å². The van der Waals surface area contributed by atoms with Gasteiger partial charge in [0.25, 0.3) is 5.91 Å². The van der Waals surface area contributed by atoms with E-state index in [1.54, 1.807) is 6.20 Å². The van der Waals surface area contributed by atoms with Crippen LogP contribution in [0.5, 0.6) is 0 Å². The molecule has 3 heterocycles. The van der Waals surface area contributed by atoms with Gasteiger partial charge in [-0.2, -0.15) is 0 Å². The lowest BCUT2D eigenvalue weighted by molar-refractivity contribution is 0.0857. The molecule has 0 radical (unpaired) electrons. The van der Waals surface area contributed by atoms with E-state index in [1.165, 1.54) is 6.42 Å². The Bertz CT molecular complexity index is 805. The summed E-state index contributed by atoms with van der Waals surface area (Å²) < 4.78 is 5.62. The van der Waals surface area contributed by atoms with Crippen LogP contribution in [0.1, 0.15) is 49.4 Å². The second kappa shape index (κ2) is 8.69. The Labute approximate surface area is 166 Å². The highest BCUT2D eigenvalue weighted by Gasteiger charge is 2.26. The maximum atomic E-state index is 12.9. The Morgan fingerprint density at radius 1 is 1.21 bits per heavy atom. The van der Waals surface area contributed by atoms with Crippen molar-refractivity contribution in [2.24, 2.45) is 0 Å². The molecule has 2 unspecified atom stereocenters. The fraction of sp³-hybridized carbons (Fsp3) is 0.500. The fourth-order valence-electron chi connectivity index (χ4n) is 4.00. The summed E-state index contributed by atoms with van der Waals surface area (Å²) in [5.74, 6) is 1.28. The van der Waals surface area contributed by atoms with E-state index in [0.29, 0.717) is 24.0 Å². The molecule has 4 rings (SSSR count). The Morgan fingerprint density at radius 2 is 2.07 bits per heavy atom. The molecule has 2 aliphatic rings. The van der Waals surface area contributed by atoms with Crippen LogP contribution in [-0.2, 0) is 4.74 Å². The first-order chi connectivity index (χ1) is 13.7. The van der Waals surface area contributed by atoms with Crippen molar-refractivity contribution in [3.05, 3.63) is 42.1 Å². The number of benzene rings is 1. The van der Waals surface area contributed by atoms with E-state index in [4.69, 9.17) is 9.72 Å². The maximum absolute atomic E-state index is 12.9. The van der Waals surface area contributed by atoms with Gasteiger partial charge in [0.15, 0.2) is 5.82 Å². The summed E-state index contributed by atoms with van der Waals surface area (Å²) in [6.45, 7) is 4.44. The maximum Gasteiger partial charge on any atom is 0.256 e. The highest BCUT2D eigenvalue weighted by atomic mass is 16.5. The third-order valence-electron chi connectivity index (χ3n) is 5.63. The number of carbonyl (C=O) groups excluding carboxylic acids is 1. The molecule has 0 spiro atoms. The minimum absolute atomic E-state index is 0.117. The van der Waals surface area contributed by atoms with Gasteiger partial charge in [0.2, 0.25) is 0 Å². The first kappa shape index (κ1) is 18.9. The van der Waals surface area contributed by atoms with E-state index in [2.05, 4.69) is 22.1 Å². The third kappa shape index (κ3) is 4.17. The summed E-state index contributed by atoms with van der Waals surface area (Å²) in [6, 6.07) is 10.3. The lowest BCUT2D eigenvalue weighted by Gasteiger charge is -2.35. The van der Waals surface area contributed by atoms with Crippen LogP contribution in [0, 0.1) is 0 Å². The molecule has 0 bridgehead atoms. The number of nitrogens with one attached hydrogen (secondary N) is 1. The van der Waals surface area contributed by atoms with Crippen LogP contribution < -0.4 is 10.2 Å². The van der Waals surface area contributed by atoms with Gasteiger partial charge < -0.3 is 15.0 Å². The monoisotopic (exact) mass is 380 g/mol. The second-order valence-corrected chi connectivity index (χ2v) is 7.68. The number of amides is 1.